The van der Waals surface area contributed by atoms with Gasteiger partial charge >= 0.3 is 0 Å². The largest absolute Gasteiger partial charge is 0.493 e. The normalized spacial score (nSPS) is 22.8. The van der Waals surface area contributed by atoms with Crippen molar-refractivity contribution in [2.45, 2.75) is 58.0 Å². The van der Waals surface area contributed by atoms with Gasteiger partial charge in [-0.15, -0.1) is 0 Å². The van der Waals surface area contributed by atoms with E-state index in [0.717, 1.165) is 24.3 Å². The van der Waals surface area contributed by atoms with Crippen molar-refractivity contribution in [3.05, 3.63) is 53.8 Å². The summed E-state index contributed by atoms with van der Waals surface area (Å²) in [7, 11) is 0. The molecule has 6 heteroatoms. The maximum Gasteiger partial charge on any atom is 0.254 e. The van der Waals surface area contributed by atoms with Gasteiger partial charge in [-0.1, -0.05) is 31.5 Å². The first kappa shape index (κ1) is 25.2. The number of hydrogen-bond donors (Lipinski definition) is 1. The van der Waals surface area contributed by atoms with Crippen LogP contribution in [0.25, 0.3) is 11.1 Å². The molecular weight excluding hydrogens is 455 g/mol. The molecule has 0 radical (unpaired) electrons. The third-order valence-electron chi connectivity index (χ3n) is 8.42. The summed E-state index contributed by atoms with van der Waals surface area (Å²) in [5.74, 6) is 0.735. The first-order valence-electron chi connectivity index (χ1n) is 13.6. The molecule has 5 nitrogen and oxygen atoms in total. The van der Waals surface area contributed by atoms with E-state index in [1.807, 2.05) is 24.3 Å². The van der Waals surface area contributed by atoms with Crippen LogP contribution in [-0.4, -0.2) is 66.2 Å². The van der Waals surface area contributed by atoms with Crippen LogP contribution in [0.3, 0.4) is 0 Å². The van der Waals surface area contributed by atoms with E-state index in [2.05, 4.69) is 11.8 Å². The van der Waals surface area contributed by atoms with Crippen LogP contribution >= 0.6 is 0 Å². The Morgan fingerprint density at radius 1 is 1.06 bits per heavy atom. The quantitative estimate of drug-likeness (QED) is 0.562. The molecule has 1 aliphatic carbocycles. The molecule has 1 saturated carbocycles. The van der Waals surface area contributed by atoms with Crippen molar-refractivity contribution in [2.24, 2.45) is 11.3 Å². The summed E-state index contributed by atoms with van der Waals surface area (Å²) in [5.41, 5.74) is 2.09. The number of β-amino-alcohol motifs (C(OH)–C–C–N with tert-alkyl or cyclic N) is 1. The van der Waals surface area contributed by atoms with Crippen LogP contribution in [0.4, 0.5) is 4.39 Å². The monoisotopic (exact) mass is 494 g/mol. The Morgan fingerprint density at radius 3 is 2.44 bits per heavy atom. The molecule has 1 unspecified atom stereocenters. The number of likely N-dealkylation sites (tertiary alicyclic amines) is 2. The molecule has 2 heterocycles. The number of ether oxygens (including phenoxy) is 1. The number of amides is 1. The Bertz CT molecular complexity index is 1040. The second-order valence-electron chi connectivity index (χ2n) is 11.5. The summed E-state index contributed by atoms with van der Waals surface area (Å²) >= 11 is 0. The van der Waals surface area contributed by atoms with Crippen molar-refractivity contribution < 1.29 is 19.0 Å². The standard InChI is InChI=1S/C30H39FN2O3/c1-30(13-3-14-30)21-32-16-11-22(12-17-32)20-36-26-8-5-23(6-9-26)27-10-7-24(18-28(27)31)29(35)33-15-2-4-25(34)19-33/h5-10,18,22,25,34H,2-4,11-17,19-21H2,1H3. The lowest BCUT2D eigenvalue weighted by atomic mass is 9.70. The van der Waals surface area contributed by atoms with Gasteiger partial charge in [-0.3, -0.25) is 4.79 Å². The minimum atomic E-state index is -0.499. The van der Waals surface area contributed by atoms with E-state index in [4.69, 9.17) is 4.74 Å². The molecule has 3 aliphatic rings. The molecule has 194 valence electrons. The fourth-order valence-corrected chi connectivity index (χ4v) is 5.94. The SMILES string of the molecule is CC1(CN2CCC(COc3ccc(-c4ccc(C(=O)N5CCCC(O)C5)cc4F)cc3)CC2)CCC1. The van der Waals surface area contributed by atoms with E-state index >= 15 is 0 Å². The number of aliphatic hydroxyl groups is 1. The molecular formula is C30H39FN2O3. The highest BCUT2D eigenvalue weighted by atomic mass is 19.1. The maximum absolute atomic E-state index is 14.9. The van der Waals surface area contributed by atoms with Crippen LogP contribution in [0.2, 0.25) is 0 Å². The van der Waals surface area contributed by atoms with E-state index < -0.39 is 11.9 Å². The Labute approximate surface area is 214 Å². The van der Waals surface area contributed by atoms with E-state index in [0.29, 0.717) is 42.0 Å². The molecule has 0 spiro atoms. The smallest absolute Gasteiger partial charge is 0.254 e. The zero-order chi connectivity index (χ0) is 25.1. The molecule has 2 aliphatic heterocycles. The minimum Gasteiger partial charge on any atom is -0.493 e. The van der Waals surface area contributed by atoms with Crippen LogP contribution in [0, 0.1) is 17.2 Å². The molecule has 1 N–H and O–H groups in total. The number of carbonyl (C=O) groups is 1. The van der Waals surface area contributed by atoms with E-state index in [1.165, 1.54) is 57.8 Å². The molecule has 1 amide bonds. The van der Waals surface area contributed by atoms with Gasteiger partial charge < -0.3 is 19.6 Å². The molecule has 3 fully saturated rings. The number of nitrogens with zero attached hydrogens (tertiary/aromatic N) is 2. The molecule has 2 aromatic carbocycles. The number of rotatable bonds is 7. The third kappa shape index (κ3) is 5.92. The zero-order valence-electron chi connectivity index (χ0n) is 21.4. The first-order valence-corrected chi connectivity index (χ1v) is 13.6. The summed E-state index contributed by atoms with van der Waals surface area (Å²) in [5, 5.41) is 9.84. The van der Waals surface area contributed by atoms with Gasteiger partial charge in [0.05, 0.1) is 12.7 Å². The number of carbonyl (C=O) groups excluding carboxylic acids is 1. The van der Waals surface area contributed by atoms with Crippen LogP contribution in [-0.2, 0) is 0 Å². The van der Waals surface area contributed by atoms with Gasteiger partial charge in [-0.25, -0.2) is 4.39 Å². The van der Waals surface area contributed by atoms with Crippen LogP contribution < -0.4 is 4.74 Å². The maximum atomic E-state index is 14.9. The Hall–Kier alpha value is -2.44. The Balaban J connectivity index is 1.12. The van der Waals surface area contributed by atoms with Crippen molar-refractivity contribution in [1.29, 1.82) is 0 Å². The lowest BCUT2D eigenvalue weighted by Crippen LogP contribution is -2.44. The van der Waals surface area contributed by atoms with E-state index in [-0.39, 0.29) is 5.91 Å². The molecule has 2 saturated heterocycles. The van der Waals surface area contributed by atoms with Crippen LogP contribution in [0.5, 0.6) is 5.75 Å². The molecule has 5 rings (SSSR count). The predicted molar refractivity (Wildman–Crippen MR) is 140 cm³/mol. The van der Waals surface area contributed by atoms with Crippen molar-refractivity contribution in [3.63, 3.8) is 0 Å². The average molecular weight is 495 g/mol. The van der Waals surface area contributed by atoms with E-state index in [9.17, 15) is 14.3 Å². The number of halogens is 1. The highest BCUT2D eigenvalue weighted by molar-refractivity contribution is 5.95. The van der Waals surface area contributed by atoms with Gasteiger partial charge in [0.25, 0.3) is 5.91 Å². The van der Waals surface area contributed by atoms with Gasteiger partial charge in [-0.05, 0) is 92.8 Å². The molecule has 0 bridgehead atoms. The summed E-state index contributed by atoms with van der Waals surface area (Å²) in [6, 6.07) is 12.2. The van der Waals surface area contributed by atoms with Gasteiger partial charge in [0.1, 0.15) is 11.6 Å². The van der Waals surface area contributed by atoms with Gasteiger partial charge in [0.15, 0.2) is 0 Å². The molecule has 0 aromatic heterocycles. The van der Waals surface area contributed by atoms with Crippen molar-refractivity contribution >= 4 is 5.91 Å². The van der Waals surface area contributed by atoms with Crippen molar-refractivity contribution in [3.8, 4) is 16.9 Å². The lowest BCUT2D eigenvalue weighted by molar-refractivity contribution is 0.0473. The average Bonchev–Trinajstić information content (AvgIpc) is 2.87. The summed E-state index contributed by atoms with van der Waals surface area (Å²) < 4.78 is 21.0. The summed E-state index contributed by atoms with van der Waals surface area (Å²) in [4.78, 5) is 17.0. The van der Waals surface area contributed by atoms with Gasteiger partial charge in [0, 0.05) is 30.8 Å². The van der Waals surface area contributed by atoms with Crippen molar-refractivity contribution in [1.82, 2.24) is 9.80 Å². The number of hydrogen-bond acceptors (Lipinski definition) is 4. The highest BCUT2D eigenvalue weighted by Gasteiger charge is 2.34. The van der Waals surface area contributed by atoms with Crippen LogP contribution in [0.1, 0.15) is 62.2 Å². The summed E-state index contributed by atoms with van der Waals surface area (Å²) in [6.07, 6.45) is 7.48. The summed E-state index contributed by atoms with van der Waals surface area (Å²) in [6.45, 7) is 7.63. The topological polar surface area (TPSA) is 53.0 Å². The zero-order valence-corrected chi connectivity index (χ0v) is 21.4. The van der Waals surface area contributed by atoms with E-state index in [1.54, 1.807) is 17.0 Å². The van der Waals surface area contributed by atoms with Crippen LogP contribution in [0.15, 0.2) is 42.5 Å². The fraction of sp³-hybridized carbons (Fsp3) is 0.567. The van der Waals surface area contributed by atoms with Crippen molar-refractivity contribution in [2.75, 3.05) is 39.3 Å². The Morgan fingerprint density at radius 2 is 1.81 bits per heavy atom. The molecule has 36 heavy (non-hydrogen) atoms. The number of piperidine rings is 2. The number of aliphatic hydroxyl groups excluding tert-OH is 1. The number of benzene rings is 2. The molecule has 2 aromatic rings. The second-order valence-corrected chi connectivity index (χ2v) is 11.5. The predicted octanol–water partition coefficient (Wildman–Crippen LogP) is 5.37. The fourth-order valence-electron chi connectivity index (χ4n) is 5.94. The lowest BCUT2D eigenvalue weighted by Gasteiger charge is -2.44. The van der Waals surface area contributed by atoms with Gasteiger partial charge in [0.2, 0.25) is 0 Å². The second kappa shape index (κ2) is 10.9. The Kier molecular flexibility index (Phi) is 7.63. The first-order chi connectivity index (χ1) is 17.4. The third-order valence-corrected chi connectivity index (χ3v) is 8.42. The molecule has 1 atom stereocenters. The highest BCUT2D eigenvalue weighted by Crippen LogP contribution is 2.41. The van der Waals surface area contributed by atoms with Gasteiger partial charge in [-0.2, -0.15) is 0 Å². The minimum absolute atomic E-state index is 0.231.